The summed E-state index contributed by atoms with van der Waals surface area (Å²) in [5.74, 6) is 1.13. The molecule has 2 aromatic carbocycles. The summed E-state index contributed by atoms with van der Waals surface area (Å²) in [6.45, 7) is 3.89. The molecule has 1 aliphatic rings. The number of nitrogens with one attached hydrogen (secondary N) is 1. The van der Waals surface area contributed by atoms with Gasteiger partial charge in [0.1, 0.15) is 0 Å². The molecule has 0 saturated carbocycles. The van der Waals surface area contributed by atoms with Crippen molar-refractivity contribution in [1.82, 2.24) is 4.90 Å². The molecule has 144 valence electrons. The Hall–Kier alpha value is -1.40. The van der Waals surface area contributed by atoms with Crippen molar-refractivity contribution >= 4 is 52.2 Å². The van der Waals surface area contributed by atoms with Crippen LogP contribution >= 0.6 is 35.0 Å². The second-order valence-corrected chi connectivity index (χ2v) is 8.48. The van der Waals surface area contributed by atoms with E-state index in [0.717, 1.165) is 53.9 Å². The average molecular weight is 424 g/mol. The molecule has 0 aliphatic carbocycles. The number of likely N-dealkylation sites (N-methyl/N-ethyl adjacent to an activating group) is 1. The lowest BCUT2D eigenvalue weighted by atomic mass is 10.2. The fourth-order valence-corrected chi connectivity index (χ4v) is 4.05. The quantitative estimate of drug-likeness (QED) is 0.734. The molecule has 3 rings (SSSR count). The van der Waals surface area contributed by atoms with E-state index in [1.807, 2.05) is 42.5 Å². The number of carbonyl (C=O) groups is 1. The van der Waals surface area contributed by atoms with E-state index in [0.29, 0.717) is 10.8 Å². The summed E-state index contributed by atoms with van der Waals surface area (Å²) in [5, 5.41) is 4.38. The molecule has 0 unspecified atom stereocenters. The zero-order valence-corrected chi connectivity index (χ0v) is 17.6. The van der Waals surface area contributed by atoms with E-state index < -0.39 is 0 Å². The third kappa shape index (κ3) is 6.04. The number of benzene rings is 2. The van der Waals surface area contributed by atoms with Crippen LogP contribution < -0.4 is 10.2 Å². The molecule has 1 saturated heterocycles. The molecule has 0 spiro atoms. The van der Waals surface area contributed by atoms with E-state index in [1.165, 1.54) is 0 Å². The number of rotatable bonds is 6. The Bertz CT molecular complexity index is 777. The molecule has 0 aromatic heterocycles. The summed E-state index contributed by atoms with van der Waals surface area (Å²) in [5.41, 5.74) is 2.96. The maximum absolute atomic E-state index is 12.4. The van der Waals surface area contributed by atoms with E-state index in [1.54, 1.807) is 11.8 Å². The number of hydrogen-bond acceptors (Lipinski definition) is 4. The molecular formula is C20H23Cl2N3OS. The summed E-state index contributed by atoms with van der Waals surface area (Å²) in [7, 11) is 2.12. The molecule has 1 aliphatic heterocycles. The molecule has 1 N–H and O–H groups in total. The third-order valence-electron chi connectivity index (χ3n) is 4.49. The number of nitrogens with zero attached hydrogens (tertiary/aromatic N) is 2. The standard InChI is InChI=1S/C20H23Cl2N3OS/c1-24-8-10-25(11-9-24)19-7-6-17(22)12-18(19)23-20(26)14-27-13-15-2-4-16(21)5-3-15/h2-7,12H,8-11,13-14H2,1H3,(H,23,26). The largest absolute Gasteiger partial charge is 0.367 e. The van der Waals surface area contributed by atoms with Gasteiger partial charge in [0, 0.05) is 42.0 Å². The van der Waals surface area contributed by atoms with Gasteiger partial charge in [-0.2, -0.15) is 0 Å². The first-order chi connectivity index (χ1) is 13.0. The second-order valence-electron chi connectivity index (χ2n) is 6.62. The maximum atomic E-state index is 12.4. The summed E-state index contributed by atoms with van der Waals surface area (Å²) < 4.78 is 0. The Morgan fingerprint density at radius 3 is 2.41 bits per heavy atom. The molecule has 1 fully saturated rings. The zero-order chi connectivity index (χ0) is 19.2. The van der Waals surface area contributed by atoms with Gasteiger partial charge in [0.05, 0.1) is 17.1 Å². The fraction of sp³-hybridized carbons (Fsp3) is 0.350. The molecule has 1 amide bonds. The smallest absolute Gasteiger partial charge is 0.234 e. The van der Waals surface area contributed by atoms with Gasteiger partial charge in [-0.15, -0.1) is 11.8 Å². The van der Waals surface area contributed by atoms with Crippen LogP contribution in [-0.4, -0.2) is 49.8 Å². The number of halogens is 2. The lowest BCUT2D eigenvalue weighted by Gasteiger charge is -2.35. The van der Waals surface area contributed by atoms with Gasteiger partial charge in [0.2, 0.25) is 5.91 Å². The molecular weight excluding hydrogens is 401 g/mol. The third-order valence-corrected chi connectivity index (χ3v) is 5.98. The van der Waals surface area contributed by atoms with Crippen molar-refractivity contribution in [3.8, 4) is 0 Å². The molecule has 1 heterocycles. The number of hydrogen-bond donors (Lipinski definition) is 1. The van der Waals surface area contributed by atoms with Crippen LogP contribution in [0.1, 0.15) is 5.56 Å². The van der Waals surface area contributed by atoms with Crippen molar-refractivity contribution in [2.75, 3.05) is 49.2 Å². The summed E-state index contributed by atoms with van der Waals surface area (Å²) in [6, 6.07) is 13.4. The number of anilines is 2. The predicted molar refractivity (Wildman–Crippen MR) is 117 cm³/mol. The van der Waals surface area contributed by atoms with Gasteiger partial charge in [-0.25, -0.2) is 0 Å². The minimum Gasteiger partial charge on any atom is -0.367 e. The highest BCUT2D eigenvalue weighted by Gasteiger charge is 2.18. The van der Waals surface area contributed by atoms with Crippen molar-refractivity contribution in [3.05, 3.63) is 58.1 Å². The van der Waals surface area contributed by atoms with Crippen molar-refractivity contribution in [1.29, 1.82) is 0 Å². The minimum absolute atomic E-state index is 0.0217. The normalized spacial score (nSPS) is 15.0. The number of carbonyl (C=O) groups excluding carboxylic acids is 1. The van der Waals surface area contributed by atoms with Gasteiger partial charge < -0.3 is 15.1 Å². The van der Waals surface area contributed by atoms with Gasteiger partial charge >= 0.3 is 0 Å². The van der Waals surface area contributed by atoms with Gasteiger partial charge in [-0.1, -0.05) is 35.3 Å². The molecule has 4 nitrogen and oxygen atoms in total. The molecule has 2 aromatic rings. The van der Waals surface area contributed by atoms with Gasteiger partial charge in [-0.3, -0.25) is 4.79 Å². The monoisotopic (exact) mass is 423 g/mol. The van der Waals surface area contributed by atoms with Crippen LogP contribution in [0.3, 0.4) is 0 Å². The lowest BCUT2D eigenvalue weighted by Crippen LogP contribution is -2.44. The van der Waals surface area contributed by atoms with Crippen LogP contribution in [0.15, 0.2) is 42.5 Å². The maximum Gasteiger partial charge on any atom is 0.234 e. The first-order valence-electron chi connectivity index (χ1n) is 8.86. The summed E-state index contributed by atoms with van der Waals surface area (Å²) in [4.78, 5) is 17.0. The van der Waals surface area contributed by atoms with E-state index in [9.17, 15) is 4.79 Å². The fourth-order valence-electron chi connectivity index (χ4n) is 2.96. The van der Waals surface area contributed by atoms with Crippen LogP contribution in [-0.2, 0) is 10.5 Å². The minimum atomic E-state index is -0.0217. The van der Waals surface area contributed by atoms with Crippen molar-refractivity contribution < 1.29 is 4.79 Å². The van der Waals surface area contributed by atoms with Gasteiger partial charge in [0.25, 0.3) is 0 Å². The molecule has 0 bridgehead atoms. The van der Waals surface area contributed by atoms with Crippen LogP contribution in [0.5, 0.6) is 0 Å². The topological polar surface area (TPSA) is 35.6 Å². The van der Waals surface area contributed by atoms with Crippen LogP contribution in [0.25, 0.3) is 0 Å². The Labute approximate surface area is 174 Å². The first kappa shape index (κ1) is 20.3. The van der Waals surface area contributed by atoms with Crippen molar-refractivity contribution in [2.45, 2.75) is 5.75 Å². The highest BCUT2D eigenvalue weighted by molar-refractivity contribution is 7.99. The second kappa shape index (κ2) is 9.69. The lowest BCUT2D eigenvalue weighted by molar-refractivity contribution is -0.113. The SMILES string of the molecule is CN1CCN(c2ccc(Cl)cc2NC(=O)CSCc2ccc(Cl)cc2)CC1. The molecule has 0 atom stereocenters. The van der Waals surface area contributed by atoms with Gasteiger partial charge in [0.15, 0.2) is 0 Å². The number of piperazine rings is 1. The van der Waals surface area contributed by atoms with E-state index in [-0.39, 0.29) is 5.91 Å². The molecule has 7 heteroatoms. The molecule has 0 radical (unpaired) electrons. The highest BCUT2D eigenvalue weighted by Crippen LogP contribution is 2.30. The highest BCUT2D eigenvalue weighted by atomic mass is 35.5. The predicted octanol–water partition coefficient (Wildman–Crippen LogP) is 4.62. The zero-order valence-electron chi connectivity index (χ0n) is 15.3. The first-order valence-corrected chi connectivity index (χ1v) is 10.8. The van der Waals surface area contributed by atoms with Crippen molar-refractivity contribution in [3.63, 3.8) is 0 Å². The molecule has 27 heavy (non-hydrogen) atoms. The van der Waals surface area contributed by atoms with E-state index in [4.69, 9.17) is 23.2 Å². The average Bonchev–Trinajstić information content (AvgIpc) is 2.64. The van der Waals surface area contributed by atoms with E-state index in [2.05, 4.69) is 22.2 Å². The number of amides is 1. The van der Waals surface area contributed by atoms with Crippen molar-refractivity contribution in [2.24, 2.45) is 0 Å². The summed E-state index contributed by atoms with van der Waals surface area (Å²) in [6.07, 6.45) is 0. The Kier molecular flexibility index (Phi) is 7.30. The summed E-state index contributed by atoms with van der Waals surface area (Å²) >= 11 is 13.6. The van der Waals surface area contributed by atoms with Crippen LogP contribution in [0.2, 0.25) is 10.0 Å². The Morgan fingerprint density at radius 2 is 1.70 bits per heavy atom. The van der Waals surface area contributed by atoms with Gasteiger partial charge in [-0.05, 0) is 42.9 Å². The number of thioether (sulfide) groups is 1. The Balaban J connectivity index is 1.58. The Morgan fingerprint density at radius 1 is 1.04 bits per heavy atom. The van der Waals surface area contributed by atoms with Crippen LogP contribution in [0.4, 0.5) is 11.4 Å². The van der Waals surface area contributed by atoms with Crippen LogP contribution in [0, 0.1) is 0 Å². The van der Waals surface area contributed by atoms with E-state index >= 15 is 0 Å².